The minimum Gasteiger partial charge on any atom is -0.493 e. The van der Waals surface area contributed by atoms with Crippen molar-refractivity contribution < 1.29 is 33.0 Å². The summed E-state index contributed by atoms with van der Waals surface area (Å²) in [5, 5.41) is -0.492. The lowest BCUT2D eigenvalue weighted by Gasteiger charge is -2.28. The first-order valence-corrected chi connectivity index (χ1v) is 12.3. The first-order valence-electron chi connectivity index (χ1n) is 10.7. The molecule has 2 saturated heterocycles. The molecule has 0 unspecified atom stereocenters. The quantitative estimate of drug-likeness (QED) is 0.468. The SMILES string of the molecule is COc1cc(/C=C2\SC(=O)N(CC(=O)N3CCOCC3)C2=O)cc(Br)c1OCc1ccc(F)cc1. The molecule has 2 fully saturated rings. The zero-order valence-electron chi connectivity index (χ0n) is 18.8. The van der Waals surface area contributed by atoms with E-state index in [1.807, 2.05) is 0 Å². The predicted molar refractivity (Wildman–Crippen MR) is 132 cm³/mol. The van der Waals surface area contributed by atoms with Gasteiger partial charge in [-0.05, 0) is 69.2 Å². The monoisotopic (exact) mass is 564 g/mol. The third kappa shape index (κ3) is 6.03. The molecule has 0 aliphatic carbocycles. The van der Waals surface area contributed by atoms with Crippen LogP contribution < -0.4 is 9.47 Å². The van der Waals surface area contributed by atoms with Crippen molar-refractivity contribution in [3.05, 3.63) is 62.7 Å². The second-order valence-corrected chi connectivity index (χ2v) is 9.56. The Morgan fingerprint density at radius 1 is 1.20 bits per heavy atom. The molecule has 2 aliphatic rings. The number of carbonyl (C=O) groups is 3. The van der Waals surface area contributed by atoms with Gasteiger partial charge in [0.1, 0.15) is 19.0 Å². The molecule has 0 aromatic heterocycles. The van der Waals surface area contributed by atoms with E-state index < -0.39 is 11.1 Å². The maximum absolute atomic E-state index is 13.1. The van der Waals surface area contributed by atoms with Gasteiger partial charge in [-0.25, -0.2) is 4.39 Å². The molecule has 0 N–H and O–H groups in total. The summed E-state index contributed by atoms with van der Waals surface area (Å²) in [5.74, 6) is -0.281. The molecule has 3 amide bonds. The lowest BCUT2D eigenvalue weighted by atomic mass is 10.1. The van der Waals surface area contributed by atoms with Gasteiger partial charge in [0.05, 0.1) is 29.7 Å². The Labute approximate surface area is 214 Å². The molecule has 11 heteroatoms. The van der Waals surface area contributed by atoms with Crippen LogP contribution >= 0.6 is 27.7 Å². The van der Waals surface area contributed by atoms with E-state index in [9.17, 15) is 18.8 Å². The zero-order valence-corrected chi connectivity index (χ0v) is 21.2. The van der Waals surface area contributed by atoms with Gasteiger partial charge in [0.2, 0.25) is 5.91 Å². The third-order valence-corrected chi connectivity index (χ3v) is 6.87. The fourth-order valence-corrected chi connectivity index (χ4v) is 4.95. The fraction of sp³-hybridized carbons (Fsp3) is 0.292. The number of hydrogen-bond acceptors (Lipinski definition) is 7. The highest BCUT2D eigenvalue weighted by Crippen LogP contribution is 2.39. The molecule has 2 aromatic rings. The number of imide groups is 1. The Kier molecular flexibility index (Phi) is 8.09. The van der Waals surface area contributed by atoms with E-state index in [0.717, 1.165) is 22.2 Å². The van der Waals surface area contributed by atoms with E-state index in [0.29, 0.717) is 47.8 Å². The summed E-state index contributed by atoms with van der Waals surface area (Å²) < 4.78 is 30.2. The Hall–Kier alpha value is -2.89. The number of ether oxygens (including phenoxy) is 3. The van der Waals surface area contributed by atoms with E-state index in [1.165, 1.54) is 19.2 Å². The minimum absolute atomic E-state index is 0.199. The topological polar surface area (TPSA) is 85.4 Å². The average Bonchev–Trinajstić information content (AvgIpc) is 3.11. The van der Waals surface area contributed by atoms with Gasteiger partial charge in [-0.1, -0.05) is 12.1 Å². The van der Waals surface area contributed by atoms with Gasteiger partial charge >= 0.3 is 0 Å². The Morgan fingerprint density at radius 2 is 1.91 bits per heavy atom. The number of nitrogens with zero attached hydrogens (tertiary/aromatic N) is 2. The van der Waals surface area contributed by atoms with Crippen molar-refractivity contribution in [2.24, 2.45) is 0 Å². The molecule has 8 nitrogen and oxygen atoms in total. The highest BCUT2D eigenvalue weighted by atomic mass is 79.9. The molecular weight excluding hydrogens is 543 g/mol. The summed E-state index contributed by atoms with van der Waals surface area (Å²) >= 11 is 4.25. The maximum atomic E-state index is 13.1. The molecule has 4 rings (SSSR count). The number of halogens is 2. The van der Waals surface area contributed by atoms with Crippen molar-refractivity contribution in [1.82, 2.24) is 9.80 Å². The van der Waals surface area contributed by atoms with Gasteiger partial charge in [0, 0.05) is 13.1 Å². The summed E-state index contributed by atoms with van der Waals surface area (Å²) in [6.45, 7) is 1.65. The number of benzene rings is 2. The second-order valence-electron chi connectivity index (χ2n) is 7.71. The van der Waals surface area contributed by atoms with Crippen LogP contribution in [0.25, 0.3) is 6.08 Å². The smallest absolute Gasteiger partial charge is 0.294 e. The normalized spacial score (nSPS) is 17.3. The first-order chi connectivity index (χ1) is 16.9. The lowest BCUT2D eigenvalue weighted by molar-refractivity contribution is -0.139. The second kappa shape index (κ2) is 11.2. The molecule has 0 radical (unpaired) electrons. The number of rotatable bonds is 7. The van der Waals surface area contributed by atoms with Gasteiger partial charge in [0.25, 0.3) is 11.1 Å². The Morgan fingerprint density at radius 3 is 2.60 bits per heavy atom. The summed E-state index contributed by atoms with van der Waals surface area (Å²) in [6, 6.07) is 9.38. The number of morpholine rings is 1. The number of methoxy groups -OCH3 is 1. The van der Waals surface area contributed by atoms with Gasteiger partial charge in [-0.15, -0.1) is 0 Å². The molecule has 184 valence electrons. The van der Waals surface area contributed by atoms with Gasteiger partial charge in [-0.3, -0.25) is 19.3 Å². The first kappa shape index (κ1) is 25.2. The van der Waals surface area contributed by atoms with Crippen LogP contribution in [0.1, 0.15) is 11.1 Å². The summed E-state index contributed by atoms with van der Waals surface area (Å²) in [6.07, 6.45) is 1.57. The van der Waals surface area contributed by atoms with E-state index in [1.54, 1.807) is 35.2 Å². The van der Waals surface area contributed by atoms with Crippen molar-refractivity contribution >= 4 is 50.8 Å². The van der Waals surface area contributed by atoms with E-state index >= 15 is 0 Å². The molecular formula is C24H22BrFN2O6S. The standard InChI is InChI=1S/C24H22BrFN2O6S/c1-32-19-11-16(10-18(25)22(19)34-14-15-2-4-17(26)5-3-15)12-20-23(30)28(24(31)35-20)13-21(29)27-6-8-33-9-7-27/h2-5,10-12H,6-9,13-14H2,1H3/b20-12-. The van der Waals surface area contributed by atoms with Crippen LogP contribution in [0.3, 0.4) is 0 Å². The minimum atomic E-state index is -0.520. The van der Waals surface area contributed by atoms with Crippen molar-refractivity contribution in [1.29, 1.82) is 0 Å². The van der Waals surface area contributed by atoms with Crippen LogP contribution in [0.15, 0.2) is 45.8 Å². The van der Waals surface area contributed by atoms with Gasteiger partial charge in [0.15, 0.2) is 11.5 Å². The Balaban J connectivity index is 1.47. The number of hydrogen-bond donors (Lipinski definition) is 0. The van der Waals surface area contributed by atoms with E-state index in [4.69, 9.17) is 14.2 Å². The molecule has 2 aliphatic heterocycles. The van der Waals surface area contributed by atoms with Gasteiger partial charge < -0.3 is 19.1 Å². The summed E-state index contributed by atoms with van der Waals surface area (Å²) in [7, 11) is 1.49. The average molecular weight is 565 g/mol. The number of carbonyl (C=O) groups excluding carboxylic acids is 3. The van der Waals surface area contributed by atoms with Crippen LogP contribution in [-0.2, 0) is 20.9 Å². The molecule has 0 saturated carbocycles. The molecule has 2 aromatic carbocycles. The number of thioether (sulfide) groups is 1. The predicted octanol–water partition coefficient (Wildman–Crippen LogP) is 4.07. The lowest BCUT2D eigenvalue weighted by Crippen LogP contribution is -2.46. The van der Waals surface area contributed by atoms with Gasteiger partial charge in [-0.2, -0.15) is 0 Å². The summed E-state index contributed by atoms with van der Waals surface area (Å²) in [4.78, 5) is 40.5. The molecule has 2 heterocycles. The zero-order chi connectivity index (χ0) is 24.9. The van der Waals surface area contributed by atoms with Crippen molar-refractivity contribution in [3.8, 4) is 11.5 Å². The number of amides is 3. The largest absolute Gasteiger partial charge is 0.493 e. The van der Waals surface area contributed by atoms with Crippen molar-refractivity contribution in [2.45, 2.75) is 6.61 Å². The fourth-order valence-electron chi connectivity index (χ4n) is 3.54. The highest BCUT2D eigenvalue weighted by Gasteiger charge is 2.37. The van der Waals surface area contributed by atoms with Crippen LogP contribution in [0.5, 0.6) is 11.5 Å². The Bertz CT molecular complexity index is 1170. The summed E-state index contributed by atoms with van der Waals surface area (Å²) in [5.41, 5.74) is 1.39. The van der Waals surface area contributed by atoms with Crippen LogP contribution in [0, 0.1) is 5.82 Å². The van der Waals surface area contributed by atoms with Crippen molar-refractivity contribution in [2.75, 3.05) is 40.0 Å². The van der Waals surface area contributed by atoms with E-state index in [2.05, 4.69) is 15.9 Å². The van der Waals surface area contributed by atoms with Crippen LogP contribution in [0.4, 0.5) is 9.18 Å². The molecule has 0 bridgehead atoms. The van der Waals surface area contributed by atoms with Crippen LogP contribution in [-0.4, -0.2) is 66.8 Å². The third-order valence-electron chi connectivity index (χ3n) is 5.38. The highest BCUT2D eigenvalue weighted by molar-refractivity contribution is 9.10. The molecule has 0 atom stereocenters. The molecule has 0 spiro atoms. The van der Waals surface area contributed by atoms with Crippen LogP contribution in [0.2, 0.25) is 0 Å². The van der Waals surface area contributed by atoms with E-state index in [-0.39, 0.29) is 29.8 Å². The molecule has 35 heavy (non-hydrogen) atoms. The maximum Gasteiger partial charge on any atom is 0.294 e. The van der Waals surface area contributed by atoms with Crippen molar-refractivity contribution in [3.63, 3.8) is 0 Å².